The third kappa shape index (κ3) is 2.34. The minimum absolute atomic E-state index is 0.0570. The van der Waals surface area contributed by atoms with Crippen molar-refractivity contribution in [2.24, 2.45) is 11.8 Å². The molecule has 1 aliphatic carbocycles. The number of halogens is 2. The summed E-state index contributed by atoms with van der Waals surface area (Å²) in [6.45, 7) is 3.64. The molecule has 1 saturated carbocycles. The van der Waals surface area contributed by atoms with Gasteiger partial charge in [0.25, 0.3) is 0 Å². The molecule has 0 aromatic heterocycles. The number of aryl methyl sites for hydroxylation is 1. The first kappa shape index (κ1) is 12.5. The van der Waals surface area contributed by atoms with Crippen LogP contribution in [-0.4, -0.2) is 5.11 Å². The Kier molecular flexibility index (Phi) is 3.48. The summed E-state index contributed by atoms with van der Waals surface area (Å²) < 4.78 is 27.2. The van der Waals surface area contributed by atoms with E-state index in [-0.39, 0.29) is 17.0 Å². The molecule has 0 aliphatic heterocycles. The molecule has 0 radical (unpaired) electrons. The fourth-order valence-electron chi connectivity index (χ4n) is 2.68. The molecule has 3 heteroatoms. The minimum Gasteiger partial charge on any atom is -0.388 e. The molecule has 94 valence electrons. The van der Waals surface area contributed by atoms with E-state index in [2.05, 4.69) is 6.92 Å². The molecule has 3 unspecified atom stereocenters. The molecular formula is C14H18F2O. The summed E-state index contributed by atoms with van der Waals surface area (Å²) in [5, 5.41) is 10.1. The average molecular weight is 240 g/mol. The fraction of sp³-hybridized carbons (Fsp3) is 0.571. The van der Waals surface area contributed by atoms with E-state index in [1.54, 1.807) is 0 Å². The summed E-state index contributed by atoms with van der Waals surface area (Å²) in [6.07, 6.45) is 1.94. The third-order valence-electron chi connectivity index (χ3n) is 3.81. The van der Waals surface area contributed by atoms with Gasteiger partial charge in [0.05, 0.1) is 6.10 Å². The van der Waals surface area contributed by atoms with Gasteiger partial charge in [-0.15, -0.1) is 0 Å². The first-order valence-electron chi connectivity index (χ1n) is 6.13. The monoisotopic (exact) mass is 240 g/mol. The molecule has 0 saturated heterocycles. The maximum Gasteiger partial charge on any atom is 0.164 e. The SMILES string of the molecule is Cc1ccc(C(O)C2CCC(C)C2)c(F)c1F. The number of benzene rings is 1. The molecule has 1 aromatic carbocycles. The van der Waals surface area contributed by atoms with Crippen LogP contribution >= 0.6 is 0 Å². The molecule has 1 aliphatic rings. The first-order chi connectivity index (χ1) is 8.00. The Balaban J connectivity index is 2.25. The van der Waals surface area contributed by atoms with Crippen LogP contribution in [0.5, 0.6) is 0 Å². The number of aliphatic hydroxyl groups excluding tert-OH is 1. The van der Waals surface area contributed by atoms with Crippen LogP contribution in [0.25, 0.3) is 0 Å². The Morgan fingerprint density at radius 1 is 1.24 bits per heavy atom. The highest BCUT2D eigenvalue weighted by Crippen LogP contribution is 2.39. The van der Waals surface area contributed by atoms with E-state index in [0.29, 0.717) is 5.92 Å². The zero-order chi connectivity index (χ0) is 12.6. The van der Waals surface area contributed by atoms with Crippen LogP contribution in [0.1, 0.15) is 43.4 Å². The van der Waals surface area contributed by atoms with Gasteiger partial charge in [0, 0.05) is 5.56 Å². The lowest BCUT2D eigenvalue weighted by molar-refractivity contribution is 0.105. The second-order valence-electron chi connectivity index (χ2n) is 5.22. The van der Waals surface area contributed by atoms with Gasteiger partial charge >= 0.3 is 0 Å². The summed E-state index contributed by atoms with van der Waals surface area (Å²) in [4.78, 5) is 0. The van der Waals surface area contributed by atoms with E-state index >= 15 is 0 Å². The van der Waals surface area contributed by atoms with Crippen LogP contribution in [0.3, 0.4) is 0 Å². The van der Waals surface area contributed by atoms with Crippen LogP contribution in [-0.2, 0) is 0 Å². The summed E-state index contributed by atoms with van der Waals surface area (Å²) >= 11 is 0. The summed E-state index contributed by atoms with van der Waals surface area (Å²) in [5.74, 6) is -1.11. The van der Waals surface area contributed by atoms with Crippen LogP contribution in [0, 0.1) is 30.4 Å². The predicted octanol–water partition coefficient (Wildman–Crippen LogP) is 3.74. The van der Waals surface area contributed by atoms with Gasteiger partial charge in [-0.1, -0.05) is 25.5 Å². The van der Waals surface area contributed by atoms with Crippen molar-refractivity contribution in [3.63, 3.8) is 0 Å². The van der Waals surface area contributed by atoms with Crippen molar-refractivity contribution < 1.29 is 13.9 Å². The lowest BCUT2D eigenvalue weighted by atomic mass is 9.92. The molecule has 2 rings (SSSR count). The van der Waals surface area contributed by atoms with Gasteiger partial charge in [0.15, 0.2) is 11.6 Å². The standard InChI is InChI=1S/C14H18F2O/c1-8-3-5-10(7-8)14(17)11-6-4-9(2)12(15)13(11)16/h4,6,8,10,14,17H,3,5,7H2,1-2H3. The minimum atomic E-state index is -0.892. The molecule has 3 atom stereocenters. The van der Waals surface area contributed by atoms with E-state index in [4.69, 9.17) is 0 Å². The van der Waals surface area contributed by atoms with Gasteiger partial charge in [-0.3, -0.25) is 0 Å². The van der Waals surface area contributed by atoms with Crippen molar-refractivity contribution in [3.8, 4) is 0 Å². The Morgan fingerprint density at radius 3 is 2.53 bits per heavy atom. The predicted molar refractivity (Wildman–Crippen MR) is 62.6 cm³/mol. The van der Waals surface area contributed by atoms with Crippen LogP contribution < -0.4 is 0 Å². The highest BCUT2D eigenvalue weighted by atomic mass is 19.2. The summed E-state index contributed by atoms with van der Waals surface area (Å²) in [7, 11) is 0. The van der Waals surface area contributed by atoms with Crippen molar-refractivity contribution in [1.29, 1.82) is 0 Å². The number of hydrogen-bond acceptors (Lipinski definition) is 1. The van der Waals surface area contributed by atoms with E-state index in [1.165, 1.54) is 19.1 Å². The maximum absolute atomic E-state index is 13.7. The largest absolute Gasteiger partial charge is 0.388 e. The summed E-state index contributed by atoms with van der Waals surface area (Å²) in [6, 6.07) is 3.02. The number of aliphatic hydroxyl groups is 1. The molecule has 0 amide bonds. The maximum atomic E-state index is 13.7. The van der Waals surface area contributed by atoms with Crippen molar-refractivity contribution >= 4 is 0 Å². The number of hydrogen-bond donors (Lipinski definition) is 1. The molecule has 0 spiro atoms. The Bertz CT molecular complexity index is 417. The van der Waals surface area contributed by atoms with Gasteiger partial charge in [-0.05, 0) is 37.2 Å². The zero-order valence-electron chi connectivity index (χ0n) is 10.2. The second kappa shape index (κ2) is 4.73. The molecule has 1 fully saturated rings. The molecule has 0 bridgehead atoms. The first-order valence-corrected chi connectivity index (χ1v) is 6.13. The van der Waals surface area contributed by atoms with E-state index in [1.807, 2.05) is 0 Å². The smallest absolute Gasteiger partial charge is 0.164 e. The number of rotatable bonds is 2. The normalized spacial score (nSPS) is 26.2. The second-order valence-corrected chi connectivity index (χ2v) is 5.22. The van der Waals surface area contributed by atoms with Crippen molar-refractivity contribution in [2.45, 2.75) is 39.2 Å². The fourth-order valence-corrected chi connectivity index (χ4v) is 2.68. The van der Waals surface area contributed by atoms with Crippen molar-refractivity contribution in [1.82, 2.24) is 0 Å². The van der Waals surface area contributed by atoms with Crippen molar-refractivity contribution in [3.05, 3.63) is 34.9 Å². The van der Waals surface area contributed by atoms with Gasteiger partial charge in [0.1, 0.15) is 0 Å². The van der Waals surface area contributed by atoms with Gasteiger partial charge in [0.2, 0.25) is 0 Å². The molecule has 1 N–H and O–H groups in total. The van der Waals surface area contributed by atoms with Crippen LogP contribution in [0.4, 0.5) is 8.78 Å². The highest BCUT2D eigenvalue weighted by Gasteiger charge is 2.30. The van der Waals surface area contributed by atoms with Gasteiger partial charge in [-0.2, -0.15) is 0 Å². The van der Waals surface area contributed by atoms with Crippen molar-refractivity contribution in [2.75, 3.05) is 0 Å². The van der Waals surface area contributed by atoms with E-state index in [9.17, 15) is 13.9 Å². The van der Waals surface area contributed by atoms with Gasteiger partial charge in [-0.25, -0.2) is 8.78 Å². The molecule has 1 aromatic rings. The van der Waals surface area contributed by atoms with Crippen LogP contribution in [0.15, 0.2) is 12.1 Å². The molecular weight excluding hydrogens is 222 g/mol. The lowest BCUT2D eigenvalue weighted by Crippen LogP contribution is -2.12. The van der Waals surface area contributed by atoms with E-state index < -0.39 is 17.7 Å². The Hall–Kier alpha value is -0.960. The van der Waals surface area contributed by atoms with E-state index in [0.717, 1.165) is 19.3 Å². The molecule has 17 heavy (non-hydrogen) atoms. The lowest BCUT2D eigenvalue weighted by Gasteiger charge is -2.19. The van der Waals surface area contributed by atoms with Gasteiger partial charge < -0.3 is 5.11 Å². The highest BCUT2D eigenvalue weighted by molar-refractivity contribution is 5.27. The molecule has 0 heterocycles. The zero-order valence-corrected chi connectivity index (χ0v) is 10.2. The topological polar surface area (TPSA) is 20.2 Å². The summed E-state index contributed by atoms with van der Waals surface area (Å²) in [5.41, 5.74) is 0.380. The van der Waals surface area contributed by atoms with Crippen LogP contribution in [0.2, 0.25) is 0 Å². The Labute approximate surface area is 100 Å². The quantitative estimate of drug-likeness (QED) is 0.834. The third-order valence-corrected chi connectivity index (χ3v) is 3.81. The Morgan fingerprint density at radius 2 is 1.94 bits per heavy atom. The molecule has 1 nitrogen and oxygen atoms in total. The average Bonchev–Trinajstić information content (AvgIpc) is 2.72.